The average molecular weight is 427 g/mol. The number of amides is 2. The summed E-state index contributed by atoms with van der Waals surface area (Å²) < 4.78 is 0. The summed E-state index contributed by atoms with van der Waals surface area (Å²) in [6.45, 7) is 3.00. The number of hydrogen-bond acceptors (Lipinski definition) is 2. The van der Waals surface area contributed by atoms with Gasteiger partial charge in [0, 0.05) is 19.5 Å². The van der Waals surface area contributed by atoms with Gasteiger partial charge in [0.2, 0.25) is 11.8 Å². The number of nitrogens with one attached hydrogen (secondary N) is 1. The Hall–Kier alpha value is -3.40. The van der Waals surface area contributed by atoms with E-state index in [2.05, 4.69) is 60.8 Å². The molecule has 1 N–H and O–H groups in total. The molecule has 2 amide bonds. The zero-order valence-corrected chi connectivity index (χ0v) is 18.6. The maximum atomic E-state index is 13.3. The normalized spacial score (nSPS) is 14.6. The number of hydrogen-bond donors (Lipinski definition) is 1. The highest BCUT2D eigenvalue weighted by Gasteiger charge is 2.30. The second kappa shape index (κ2) is 10.3. The van der Waals surface area contributed by atoms with Gasteiger partial charge in [0.05, 0.1) is 12.5 Å². The first-order valence-electron chi connectivity index (χ1n) is 11.3. The Morgan fingerprint density at radius 2 is 1.62 bits per heavy atom. The minimum absolute atomic E-state index is 0.0553. The van der Waals surface area contributed by atoms with Gasteiger partial charge in [-0.2, -0.15) is 0 Å². The summed E-state index contributed by atoms with van der Waals surface area (Å²) in [4.78, 5) is 27.6. The van der Waals surface area contributed by atoms with Crippen LogP contribution in [0.5, 0.6) is 0 Å². The molecule has 4 rings (SSSR count). The van der Waals surface area contributed by atoms with E-state index in [0.29, 0.717) is 25.9 Å². The monoisotopic (exact) mass is 426 g/mol. The topological polar surface area (TPSA) is 49.4 Å². The first-order valence-corrected chi connectivity index (χ1v) is 11.3. The van der Waals surface area contributed by atoms with E-state index in [4.69, 9.17) is 0 Å². The lowest BCUT2D eigenvalue weighted by Crippen LogP contribution is -2.36. The van der Waals surface area contributed by atoms with E-state index in [0.717, 1.165) is 24.0 Å². The molecule has 3 aromatic rings. The lowest BCUT2D eigenvalue weighted by atomic mass is 10.0. The van der Waals surface area contributed by atoms with Gasteiger partial charge >= 0.3 is 0 Å². The van der Waals surface area contributed by atoms with Crippen LogP contribution >= 0.6 is 0 Å². The van der Waals surface area contributed by atoms with E-state index in [-0.39, 0.29) is 17.9 Å². The third-order valence-corrected chi connectivity index (χ3v) is 6.14. The number of carbonyl (C=O) groups excluding carboxylic acids is 2. The van der Waals surface area contributed by atoms with Crippen molar-refractivity contribution < 1.29 is 9.59 Å². The van der Waals surface area contributed by atoms with Crippen molar-refractivity contribution in [3.63, 3.8) is 0 Å². The fraction of sp³-hybridized carbons (Fsp3) is 0.286. The van der Waals surface area contributed by atoms with E-state index in [1.807, 2.05) is 35.2 Å². The number of carbonyl (C=O) groups is 2. The number of nitrogens with zero attached hydrogens (tertiary/aromatic N) is 1. The molecule has 0 saturated heterocycles. The van der Waals surface area contributed by atoms with Gasteiger partial charge in [0.15, 0.2) is 0 Å². The van der Waals surface area contributed by atoms with Crippen molar-refractivity contribution in [1.29, 1.82) is 0 Å². The molecule has 0 heterocycles. The molecule has 164 valence electrons. The van der Waals surface area contributed by atoms with E-state index >= 15 is 0 Å². The Morgan fingerprint density at radius 3 is 2.41 bits per heavy atom. The molecule has 0 saturated carbocycles. The second-order valence-corrected chi connectivity index (χ2v) is 8.52. The van der Waals surface area contributed by atoms with Crippen LogP contribution in [0.4, 0.5) is 0 Å². The summed E-state index contributed by atoms with van der Waals surface area (Å²) in [5.41, 5.74) is 5.89. The highest BCUT2D eigenvalue weighted by Crippen LogP contribution is 2.36. The van der Waals surface area contributed by atoms with Gasteiger partial charge in [-0.15, -0.1) is 0 Å². The van der Waals surface area contributed by atoms with E-state index in [1.54, 1.807) is 0 Å². The van der Waals surface area contributed by atoms with Crippen LogP contribution in [-0.4, -0.2) is 23.3 Å². The number of aryl methyl sites for hydroxylation is 2. The predicted molar refractivity (Wildman–Crippen MR) is 127 cm³/mol. The summed E-state index contributed by atoms with van der Waals surface area (Å²) >= 11 is 0. The van der Waals surface area contributed by atoms with Crippen molar-refractivity contribution in [2.45, 2.75) is 45.2 Å². The van der Waals surface area contributed by atoms with Crippen LogP contribution in [0.25, 0.3) is 0 Å². The van der Waals surface area contributed by atoms with Gasteiger partial charge in [-0.05, 0) is 42.0 Å². The van der Waals surface area contributed by atoms with Gasteiger partial charge in [-0.25, -0.2) is 0 Å². The highest BCUT2D eigenvalue weighted by molar-refractivity contribution is 5.80. The maximum Gasteiger partial charge on any atom is 0.225 e. The SMILES string of the molecule is Cc1ccc(CN(C(=O)CCNC(=O)Cc2ccccc2)C2CCc3ccccc32)cc1. The molecule has 1 aliphatic rings. The minimum Gasteiger partial charge on any atom is -0.355 e. The summed E-state index contributed by atoms with van der Waals surface area (Å²) in [7, 11) is 0. The van der Waals surface area contributed by atoms with Crippen LogP contribution < -0.4 is 5.32 Å². The smallest absolute Gasteiger partial charge is 0.225 e. The fourth-order valence-electron chi connectivity index (χ4n) is 4.42. The van der Waals surface area contributed by atoms with Gasteiger partial charge in [0.25, 0.3) is 0 Å². The largest absolute Gasteiger partial charge is 0.355 e. The molecule has 3 aromatic carbocycles. The fourth-order valence-corrected chi connectivity index (χ4v) is 4.42. The van der Waals surface area contributed by atoms with Crippen molar-refractivity contribution in [3.8, 4) is 0 Å². The standard InChI is InChI=1S/C28H30N2O2/c1-21-11-13-23(14-12-21)20-30(26-16-15-24-9-5-6-10-25(24)26)28(32)17-18-29-27(31)19-22-7-3-2-4-8-22/h2-14,26H,15-20H2,1H3,(H,29,31). The molecule has 4 heteroatoms. The van der Waals surface area contributed by atoms with Crippen LogP contribution in [0.15, 0.2) is 78.9 Å². The van der Waals surface area contributed by atoms with Crippen molar-refractivity contribution in [2.24, 2.45) is 0 Å². The molecular weight excluding hydrogens is 396 g/mol. The molecule has 32 heavy (non-hydrogen) atoms. The van der Waals surface area contributed by atoms with E-state index < -0.39 is 0 Å². The number of fused-ring (bicyclic) bond motifs is 1. The molecule has 0 spiro atoms. The van der Waals surface area contributed by atoms with Crippen LogP contribution in [0.2, 0.25) is 0 Å². The second-order valence-electron chi connectivity index (χ2n) is 8.52. The van der Waals surface area contributed by atoms with Crippen LogP contribution in [0, 0.1) is 6.92 Å². The van der Waals surface area contributed by atoms with Gasteiger partial charge in [-0.1, -0.05) is 84.4 Å². The van der Waals surface area contributed by atoms with Gasteiger partial charge < -0.3 is 10.2 Å². The minimum atomic E-state index is -0.0553. The third-order valence-electron chi connectivity index (χ3n) is 6.14. The average Bonchev–Trinajstić information content (AvgIpc) is 3.23. The quantitative estimate of drug-likeness (QED) is 0.565. The summed E-state index contributed by atoms with van der Waals surface area (Å²) in [6, 6.07) is 26.5. The molecule has 1 unspecified atom stereocenters. The number of rotatable bonds is 8. The Kier molecular flexibility index (Phi) is 7.00. The van der Waals surface area contributed by atoms with Crippen LogP contribution in [0.1, 0.15) is 46.7 Å². The molecule has 1 atom stereocenters. The van der Waals surface area contributed by atoms with E-state index in [1.165, 1.54) is 16.7 Å². The number of benzene rings is 3. The summed E-state index contributed by atoms with van der Waals surface area (Å²) in [6.07, 6.45) is 2.56. The lowest BCUT2D eigenvalue weighted by molar-refractivity contribution is -0.134. The van der Waals surface area contributed by atoms with Crippen molar-refractivity contribution >= 4 is 11.8 Å². The Bertz CT molecular complexity index is 1060. The maximum absolute atomic E-state index is 13.3. The summed E-state index contributed by atoms with van der Waals surface area (Å²) in [5, 5.41) is 2.91. The van der Waals surface area contributed by atoms with E-state index in [9.17, 15) is 9.59 Å². The van der Waals surface area contributed by atoms with Crippen molar-refractivity contribution in [2.75, 3.05) is 6.54 Å². The Morgan fingerprint density at radius 1 is 0.906 bits per heavy atom. The molecular formula is C28H30N2O2. The molecule has 0 fully saturated rings. The van der Waals surface area contributed by atoms with Crippen molar-refractivity contribution in [3.05, 3.63) is 107 Å². The molecule has 4 nitrogen and oxygen atoms in total. The molecule has 0 aliphatic heterocycles. The molecule has 0 bridgehead atoms. The van der Waals surface area contributed by atoms with Crippen LogP contribution in [0.3, 0.4) is 0 Å². The lowest BCUT2D eigenvalue weighted by Gasteiger charge is -2.30. The molecule has 1 aliphatic carbocycles. The Labute approximate surface area is 190 Å². The first kappa shape index (κ1) is 21.8. The van der Waals surface area contributed by atoms with Crippen LogP contribution in [-0.2, 0) is 29.0 Å². The van der Waals surface area contributed by atoms with Gasteiger partial charge in [-0.3, -0.25) is 9.59 Å². The summed E-state index contributed by atoms with van der Waals surface area (Å²) in [5.74, 6) is 0.0209. The zero-order chi connectivity index (χ0) is 22.3. The highest BCUT2D eigenvalue weighted by atomic mass is 16.2. The molecule has 0 aromatic heterocycles. The zero-order valence-electron chi connectivity index (χ0n) is 18.6. The molecule has 0 radical (unpaired) electrons. The predicted octanol–water partition coefficient (Wildman–Crippen LogP) is 4.76. The third kappa shape index (κ3) is 5.44. The first-order chi connectivity index (χ1) is 15.6. The Balaban J connectivity index is 1.41. The van der Waals surface area contributed by atoms with Crippen molar-refractivity contribution in [1.82, 2.24) is 10.2 Å². The van der Waals surface area contributed by atoms with Gasteiger partial charge in [0.1, 0.15) is 0 Å².